The van der Waals surface area contributed by atoms with Crippen molar-refractivity contribution in [1.29, 1.82) is 0 Å². The van der Waals surface area contributed by atoms with Gasteiger partial charge in [0.2, 0.25) is 0 Å². The van der Waals surface area contributed by atoms with E-state index in [-0.39, 0.29) is 30.0 Å². The lowest BCUT2D eigenvalue weighted by molar-refractivity contribution is -0.144. The molecular weight excluding hydrogens is 284 g/mol. The minimum atomic E-state index is -0.750. The highest BCUT2D eigenvalue weighted by atomic mass is 16.5. The molecule has 5 heteroatoms. The van der Waals surface area contributed by atoms with Gasteiger partial charge < -0.3 is 14.6 Å². The maximum absolute atomic E-state index is 11.6. The highest BCUT2D eigenvalue weighted by molar-refractivity contribution is 5.89. The van der Waals surface area contributed by atoms with Crippen LogP contribution in [0.25, 0.3) is 0 Å². The molecule has 0 saturated carbocycles. The molecule has 1 aromatic rings. The first-order chi connectivity index (χ1) is 10.6. The molecule has 22 heavy (non-hydrogen) atoms. The number of carbonyl (C=O) groups is 2. The van der Waals surface area contributed by atoms with Gasteiger partial charge in [-0.3, -0.25) is 4.79 Å². The molecule has 0 aromatic heterocycles. The van der Waals surface area contributed by atoms with E-state index in [1.54, 1.807) is 6.07 Å². The average Bonchev–Trinajstić information content (AvgIpc) is 3.13. The van der Waals surface area contributed by atoms with Crippen molar-refractivity contribution in [3.63, 3.8) is 0 Å². The number of hydrogen-bond acceptors (Lipinski definition) is 4. The summed E-state index contributed by atoms with van der Waals surface area (Å²) in [5, 5.41) is 9.41. The molecule has 2 heterocycles. The summed E-state index contributed by atoms with van der Waals surface area (Å²) in [6, 6.07) is 7.32. The summed E-state index contributed by atoms with van der Waals surface area (Å²) in [6.07, 6.45) is 3.29. The van der Waals surface area contributed by atoms with Crippen molar-refractivity contribution >= 4 is 11.9 Å². The Morgan fingerprint density at radius 1 is 1.32 bits per heavy atom. The van der Waals surface area contributed by atoms with Crippen molar-refractivity contribution in [1.82, 2.24) is 0 Å². The summed E-state index contributed by atoms with van der Waals surface area (Å²) < 4.78 is 10.5. The van der Waals surface area contributed by atoms with E-state index in [0.29, 0.717) is 5.56 Å². The number of fused-ring (bicyclic) bond motifs is 2. The second-order valence-electron chi connectivity index (χ2n) is 6.05. The van der Waals surface area contributed by atoms with E-state index in [1.165, 1.54) is 7.11 Å². The highest BCUT2D eigenvalue weighted by Gasteiger charge is 2.51. The van der Waals surface area contributed by atoms with Gasteiger partial charge in [0.25, 0.3) is 0 Å². The zero-order valence-electron chi connectivity index (χ0n) is 12.5. The quantitative estimate of drug-likeness (QED) is 0.845. The van der Waals surface area contributed by atoms with Gasteiger partial charge in [-0.25, -0.2) is 4.79 Å². The fourth-order valence-corrected chi connectivity index (χ4v) is 3.79. The predicted octanol–water partition coefficient (Wildman–Crippen LogP) is 2.28. The summed E-state index contributed by atoms with van der Waals surface area (Å²) >= 11 is 0. The monoisotopic (exact) mass is 304 g/mol. The molecule has 0 spiro atoms. The molecule has 4 atom stereocenters. The first kappa shape index (κ1) is 15.0. The van der Waals surface area contributed by atoms with Crippen molar-refractivity contribution in [2.75, 3.05) is 7.11 Å². The number of rotatable bonds is 5. The number of aliphatic carboxylic acids is 1. The fraction of sp³-hybridized carbons (Fsp3) is 0.529. The van der Waals surface area contributed by atoms with Gasteiger partial charge in [0.05, 0.1) is 30.8 Å². The average molecular weight is 304 g/mol. The zero-order valence-corrected chi connectivity index (χ0v) is 12.5. The van der Waals surface area contributed by atoms with Gasteiger partial charge in [0.15, 0.2) is 0 Å². The van der Waals surface area contributed by atoms with Gasteiger partial charge in [0.1, 0.15) is 0 Å². The normalized spacial score (nSPS) is 29.5. The number of benzene rings is 1. The number of esters is 1. The van der Waals surface area contributed by atoms with Crippen LogP contribution in [0.2, 0.25) is 0 Å². The molecule has 2 aliphatic heterocycles. The molecule has 0 unspecified atom stereocenters. The third-order valence-corrected chi connectivity index (χ3v) is 4.82. The number of hydrogen-bond donors (Lipinski definition) is 1. The first-order valence-electron chi connectivity index (χ1n) is 7.65. The van der Waals surface area contributed by atoms with Gasteiger partial charge in [-0.2, -0.15) is 0 Å². The van der Waals surface area contributed by atoms with Crippen molar-refractivity contribution in [2.45, 2.75) is 37.9 Å². The molecule has 1 N–H and O–H groups in total. The molecule has 0 amide bonds. The molecule has 0 aliphatic carbocycles. The fourth-order valence-electron chi connectivity index (χ4n) is 3.79. The Labute approximate surface area is 129 Å². The van der Waals surface area contributed by atoms with Gasteiger partial charge >= 0.3 is 11.9 Å². The molecule has 2 bridgehead atoms. The summed E-state index contributed by atoms with van der Waals surface area (Å²) in [6.45, 7) is 0. The Balaban J connectivity index is 1.67. The molecular formula is C17H20O5. The topological polar surface area (TPSA) is 72.8 Å². The summed E-state index contributed by atoms with van der Waals surface area (Å²) in [4.78, 5) is 23.0. The number of aryl methyl sites for hydroxylation is 1. The van der Waals surface area contributed by atoms with Crippen LogP contribution in [0, 0.1) is 11.8 Å². The third kappa shape index (κ3) is 2.73. The van der Waals surface area contributed by atoms with Crippen molar-refractivity contribution in [3.05, 3.63) is 35.4 Å². The van der Waals surface area contributed by atoms with E-state index in [0.717, 1.165) is 31.2 Å². The first-order valence-corrected chi connectivity index (χ1v) is 7.65. The van der Waals surface area contributed by atoms with E-state index in [9.17, 15) is 14.7 Å². The predicted molar refractivity (Wildman–Crippen MR) is 78.6 cm³/mol. The van der Waals surface area contributed by atoms with Gasteiger partial charge in [-0.1, -0.05) is 12.1 Å². The molecule has 2 saturated heterocycles. The Bertz CT molecular complexity index is 582. The summed E-state index contributed by atoms with van der Waals surface area (Å²) in [7, 11) is 1.36. The van der Waals surface area contributed by atoms with Crippen LogP contribution in [0.3, 0.4) is 0 Å². The molecule has 3 rings (SSSR count). The van der Waals surface area contributed by atoms with Crippen LogP contribution < -0.4 is 0 Å². The highest BCUT2D eigenvalue weighted by Crippen LogP contribution is 2.45. The van der Waals surface area contributed by atoms with Crippen LogP contribution in [-0.2, 0) is 20.7 Å². The van der Waals surface area contributed by atoms with Crippen molar-refractivity contribution in [3.8, 4) is 0 Å². The van der Waals surface area contributed by atoms with Crippen LogP contribution in [0.4, 0.5) is 0 Å². The van der Waals surface area contributed by atoms with Crippen LogP contribution >= 0.6 is 0 Å². The number of ether oxygens (including phenoxy) is 2. The molecule has 118 valence electrons. The minimum Gasteiger partial charge on any atom is -0.481 e. The lowest BCUT2D eigenvalue weighted by Gasteiger charge is -2.24. The van der Waals surface area contributed by atoms with Gasteiger partial charge in [-0.05, 0) is 43.4 Å². The Morgan fingerprint density at radius 3 is 2.82 bits per heavy atom. The van der Waals surface area contributed by atoms with Crippen LogP contribution in [0.5, 0.6) is 0 Å². The lowest BCUT2D eigenvalue weighted by atomic mass is 9.76. The molecule has 0 radical (unpaired) electrons. The van der Waals surface area contributed by atoms with E-state index in [2.05, 4.69) is 0 Å². The Morgan fingerprint density at radius 2 is 2.09 bits per heavy atom. The minimum absolute atomic E-state index is 0.0676. The number of carboxylic acids is 1. The molecule has 5 nitrogen and oxygen atoms in total. The largest absolute Gasteiger partial charge is 0.481 e. The SMILES string of the molecule is COC(=O)c1cccc(CC[C@@H]2[C@H](C(=O)O)[C@H]3CC[C@@H]2O3)c1. The van der Waals surface area contributed by atoms with E-state index in [4.69, 9.17) is 9.47 Å². The molecule has 2 fully saturated rings. The van der Waals surface area contributed by atoms with Gasteiger partial charge in [0, 0.05) is 5.92 Å². The van der Waals surface area contributed by atoms with Crippen LogP contribution in [0.15, 0.2) is 24.3 Å². The van der Waals surface area contributed by atoms with E-state index in [1.807, 2.05) is 18.2 Å². The maximum atomic E-state index is 11.6. The van der Waals surface area contributed by atoms with E-state index >= 15 is 0 Å². The number of carbonyl (C=O) groups excluding carboxylic acids is 1. The summed E-state index contributed by atoms with van der Waals surface area (Å²) in [5.41, 5.74) is 1.55. The molecule has 2 aliphatic rings. The van der Waals surface area contributed by atoms with Crippen LogP contribution in [-0.4, -0.2) is 36.4 Å². The van der Waals surface area contributed by atoms with Gasteiger partial charge in [-0.15, -0.1) is 0 Å². The number of methoxy groups -OCH3 is 1. The van der Waals surface area contributed by atoms with Crippen molar-refractivity contribution in [2.24, 2.45) is 11.8 Å². The second-order valence-corrected chi connectivity index (χ2v) is 6.05. The zero-order chi connectivity index (χ0) is 15.7. The summed E-state index contributed by atoms with van der Waals surface area (Å²) in [5.74, 6) is -1.42. The van der Waals surface area contributed by atoms with E-state index < -0.39 is 5.97 Å². The smallest absolute Gasteiger partial charge is 0.337 e. The second kappa shape index (κ2) is 6.08. The maximum Gasteiger partial charge on any atom is 0.337 e. The van der Waals surface area contributed by atoms with Crippen LogP contribution in [0.1, 0.15) is 35.2 Å². The standard InChI is InChI=1S/C17H20O5/c1-21-17(20)11-4-2-3-10(9-11)5-6-12-13-7-8-14(22-13)15(12)16(18)19/h2-4,9,12-15H,5-8H2,1H3,(H,18,19)/t12-,13-,14+,15-/m0/s1. The molecule has 1 aromatic carbocycles. The number of carboxylic acid groups (broad SMARTS) is 1. The van der Waals surface area contributed by atoms with Crippen molar-refractivity contribution < 1.29 is 24.2 Å². The third-order valence-electron chi connectivity index (χ3n) is 4.82. The lowest BCUT2D eigenvalue weighted by Crippen LogP contribution is -2.33. The Kier molecular flexibility index (Phi) is 4.16. The Hall–Kier alpha value is -1.88.